The number of carbonyl (C=O) groups excluding carboxylic acids is 1. The molecule has 1 aromatic carbocycles. The van der Waals surface area contributed by atoms with E-state index in [2.05, 4.69) is 26.1 Å². The van der Waals surface area contributed by atoms with E-state index >= 15 is 0 Å². The Morgan fingerprint density at radius 1 is 1.20 bits per heavy atom. The van der Waals surface area contributed by atoms with Crippen molar-refractivity contribution in [2.45, 2.75) is 33.4 Å². The number of aromatic nitrogens is 2. The molecule has 6 nitrogen and oxygen atoms in total. The maximum atomic E-state index is 12.6. The van der Waals surface area contributed by atoms with Crippen LogP contribution in [0.2, 0.25) is 0 Å². The Hall–Kier alpha value is -2.41. The Labute approximate surface area is 154 Å². The van der Waals surface area contributed by atoms with E-state index in [0.717, 1.165) is 11.1 Å². The molecule has 0 N–H and O–H groups in total. The van der Waals surface area contributed by atoms with Gasteiger partial charge in [-0.25, -0.2) is 0 Å². The molecule has 0 aliphatic carbocycles. The van der Waals surface area contributed by atoms with Crippen LogP contribution in [0.15, 0.2) is 50.0 Å². The monoisotopic (exact) mass is 403 g/mol. The second-order valence-electron chi connectivity index (χ2n) is 6.01. The first-order valence-corrected chi connectivity index (χ1v) is 8.69. The third-order valence-electron chi connectivity index (χ3n) is 3.75. The topological polar surface area (TPSA) is 72.4 Å². The van der Waals surface area contributed by atoms with Gasteiger partial charge in [0.15, 0.2) is 10.4 Å². The van der Waals surface area contributed by atoms with Crippen molar-refractivity contribution >= 4 is 21.8 Å². The molecule has 0 aliphatic rings. The van der Waals surface area contributed by atoms with Gasteiger partial charge in [0.1, 0.15) is 6.54 Å². The van der Waals surface area contributed by atoms with Crippen LogP contribution in [0.5, 0.6) is 0 Å². The van der Waals surface area contributed by atoms with Crippen molar-refractivity contribution in [1.82, 2.24) is 15.0 Å². The molecule has 0 unspecified atom stereocenters. The van der Waals surface area contributed by atoms with Crippen LogP contribution in [-0.4, -0.2) is 27.0 Å². The third-order valence-corrected chi connectivity index (χ3v) is 4.18. The number of aryl methyl sites for hydroxylation is 1. The number of halogens is 1. The Kier molecular flexibility index (Phi) is 5.03. The van der Waals surface area contributed by atoms with Crippen LogP contribution in [-0.2, 0) is 6.54 Å². The van der Waals surface area contributed by atoms with Crippen molar-refractivity contribution in [3.05, 3.63) is 58.3 Å². The van der Waals surface area contributed by atoms with E-state index in [1.54, 1.807) is 17.0 Å². The fraction of sp³-hybridized carbons (Fsp3) is 0.278. The standard InChI is InChI=1S/C18H18BrN3O3/c1-11(2)22(18(23)14-8-9-15(19)24-14)10-16-20-17(21-25-16)13-6-4-12(3)5-7-13/h4-9,11H,10H2,1-3H3. The molecule has 0 fully saturated rings. The third kappa shape index (κ3) is 3.99. The number of furan rings is 1. The van der Waals surface area contributed by atoms with Crippen LogP contribution >= 0.6 is 15.9 Å². The molecule has 2 aromatic heterocycles. The highest BCUT2D eigenvalue weighted by atomic mass is 79.9. The molecular weight excluding hydrogens is 386 g/mol. The SMILES string of the molecule is Cc1ccc(-c2noc(CN(C(=O)c3ccc(Br)o3)C(C)C)n2)cc1. The average Bonchev–Trinajstić information content (AvgIpc) is 3.21. The number of hydrogen-bond acceptors (Lipinski definition) is 5. The van der Waals surface area contributed by atoms with Crippen molar-refractivity contribution in [3.8, 4) is 11.4 Å². The summed E-state index contributed by atoms with van der Waals surface area (Å²) >= 11 is 3.21. The molecule has 2 heterocycles. The first-order valence-electron chi connectivity index (χ1n) is 7.90. The molecule has 0 saturated heterocycles. The van der Waals surface area contributed by atoms with E-state index in [1.165, 1.54) is 0 Å². The van der Waals surface area contributed by atoms with E-state index in [0.29, 0.717) is 16.4 Å². The average molecular weight is 404 g/mol. The second kappa shape index (κ2) is 7.23. The highest BCUT2D eigenvalue weighted by Crippen LogP contribution is 2.20. The Balaban J connectivity index is 1.79. The minimum absolute atomic E-state index is 0.0499. The molecular formula is C18H18BrN3O3. The smallest absolute Gasteiger partial charge is 0.290 e. The lowest BCUT2D eigenvalue weighted by Gasteiger charge is -2.23. The number of amides is 1. The summed E-state index contributed by atoms with van der Waals surface area (Å²) in [6.07, 6.45) is 0. The van der Waals surface area contributed by atoms with Crippen molar-refractivity contribution in [2.24, 2.45) is 0 Å². The van der Waals surface area contributed by atoms with Gasteiger partial charge >= 0.3 is 0 Å². The largest absolute Gasteiger partial charge is 0.444 e. The molecule has 0 bridgehead atoms. The maximum Gasteiger partial charge on any atom is 0.290 e. The van der Waals surface area contributed by atoms with Crippen molar-refractivity contribution < 1.29 is 13.7 Å². The number of rotatable bonds is 5. The number of carbonyl (C=O) groups is 1. The molecule has 25 heavy (non-hydrogen) atoms. The molecule has 3 aromatic rings. The highest BCUT2D eigenvalue weighted by molar-refractivity contribution is 9.10. The zero-order chi connectivity index (χ0) is 18.0. The summed E-state index contributed by atoms with van der Waals surface area (Å²) in [5.41, 5.74) is 2.03. The number of benzene rings is 1. The van der Waals surface area contributed by atoms with Crippen LogP contribution in [0.1, 0.15) is 35.9 Å². The summed E-state index contributed by atoms with van der Waals surface area (Å²) in [6, 6.07) is 11.1. The van der Waals surface area contributed by atoms with Gasteiger partial charge in [-0.1, -0.05) is 35.0 Å². The molecule has 3 rings (SSSR count). The van der Waals surface area contributed by atoms with Crippen LogP contribution in [0, 0.1) is 6.92 Å². The zero-order valence-electron chi connectivity index (χ0n) is 14.2. The lowest BCUT2D eigenvalue weighted by atomic mass is 10.1. The lowest BCUT2D eigenvalue weighted by molar-refractivity contribution is 0.0633. The minimum Gasteiger partial charge on any atom is -0.444 e. The van der Waals surface area contributed by atoms with Gasteiger partial charge in [0, 0.05) is 11.6 Å². The van der Waals surface area contributed by atoms with Gasteiger partial charge in [0.2, 0.25) is 11.7 Å². The molecule has 0 spiro atoms. The lowest BCUT2D eigenvalue weighted by Crippen LogP contribution is -2.36. The molecule has 7 heteroatoms. The maximum absolute atomic E-state index is 12.6. The first-order chi connectivity index (χ1) is 11.9. The van der Waals surface area contributed by atoms with Crippen LogP contribution in [0.4, 0.5) is 0 Å². The summed E-state index contributed by atoms with van der Waals surface area (Å²) in [5.74, 6) is 0.921. The summed E-state index contributed by atoms with van der Waals surface area (Å²) in [4.78, 5) is 18.7. The molecule has 0 aliphatic heterocycles. The number of nitrogens with zero attached hydrogens (tertiary/aromatic N) is 3. The summed E-state index contributed by atoms with van der Waals surface area (Å²) in [6.45, 7) is 6.08. The summed E-state index contributed by atoms with van der Waals surface area (Å²) in [7, 11) is 0. The fourth-order valence-corrected chi connectivity index (χ4v) is 2.65. The molecule has 0 atom stereocenters. The van der Waals surface area contributed by atoms with Crippen molar-refractivity contribution in [3.63, 3.8) is 0 Å². The van der Waals surface area contributed by atoms with Gasteiger partial charge < -0.3 is 13.8 Å². The Bertz CT molecular complexity index is 868. The Morgan fingerprint density at radius 2 is 1.92 bits per heavy atom. The van der Waals surface area contributed by atoms with E-state index in [-0.39, 0.29) is 24.3 Å². The minimum atomic E-state index is -0.226. The highest BCUT2D eigenvalue weighted by Gasteiger charge is 2.24. The first kappa shape index (κ1) is 17.4. The summed E-state index contributed by atoms with van der Waals surface area (Å²) < 4.78 is 11.2. The van der Waals surface area contributed by atoms with Crippen LogP contribution in [0.3, 0.4) is 0 Å². The van der Waals surface area contributed by atoms with Crippen molar-refractivity contribution in [1.29, 1.82) is 0 Å². The number of hydrogen-bond donors (Lipinski definition) is 0. The molecule has 0 radical (unpaired) electrons. The van der Waals surface area contributed by atoms with E-state index in [1.807, 2.05) is 45.0 Å². The van der Waals surface area contributed by atoms with E-state index in [4.69, 9.17) is 8.94 Å². The van der Waals surface area contributed by atoms with Gasteiger partial charge in [-0.05, 0) is 48.8 Å². The molecule has 130 valence electrons. The fourth-order valence-electron chi connectivity index (χ4n) is 2.34. The van der Waals surface area contributed by atoms with Gasteiger partial charge in [0.25, 0.3) is 5.91 Å². The van der Waals surface area contributed by atoms with Crippen molar-refractivity contribution in [2.75, 3.05) is 0 Å². The molecule has 1 amide bonds. The van der Waals surface area contributed by atoms with Gasteiger partial charge in [-0.3, -0.25) is 4.79 Å². The Morgan fingerprint density at radius 3 is 2.52 bits per heavy atom. The van der Waals surface area contributed by atoms with E-state index in [9.17, 15) is 4.79 Å². The van der Waals surface area contributed by atoms with Gasteiger partial charge in [-0.15, -0.1) is 0 Å². The van der Waals surface area contributed by atoms with Crippen LogP contribution < -0.4 is 0 Å². The second-order valence-corrected chi connectivity index (χ2v) is 6.79. The molecule has 0 saturated carbocycles. The van der Waals surface area contributed by atoms with Crippen LogP contribution in [0.25, 0.3) is 11.4 Å². The quantitative estimate of drug-likeness (QED) is 0.628. The van der Waals surface area contributed by atoms with Gasteiger partial charge in [0.05, 0.1) is 0 Å². The summed E-state index contributed by atoms with van der Waals surface area (Å²) in [5, 5.41) is 4.01. The predicted octanol–water partition coefficient (Wildman–Crippen LogP) is 4.45. The zero-order valence-corrected chi connectivity index (χ0v) is 15.8. The predicted molar refractivity (Wildman–Crippen MR) is 95.9 cm³/mol. The van der Waals surface area contributed by atoms with E-state index < -0.39 is 0 Å². The van der Waals surface area contributed by atoms with Gasteiger partial charge in [-0.2, -0.15) is 4.98 Å². The normalized spacial score (nSPS) is 11.1.